The Morgan fingerprint density at radius 3 is 2.59 bits per heavy atom. The number of aliphatic imine (C=N–C) groups is 1. The average Bonchev–Trinajstić information content (AvgIpc) is 3.15. The van der Waals surface area contributed by atoms with E-state index in [9.17, 15) is 0 Å². The molecule has 3 rings (SSSR count). The van der Waals surface area contributed by atoms with E-state index in [4.69, 9.17) is 9.73 Å². The van der Waals surface area contributed by atoms with Crippen LogP contribution in [0.5, 0.6) is 0 Å². The van der Waals surface area contributed by atoms with E-state index in [0.29, 0.717) is 12.0 Å². The first-order valence-corrected chi connectivity index (χ1v) is 10.8. The largest absolute Gasteiger partial charge is 0.381 e. The zero-order valence-electron chi connectivity index (χ0n) is 17.3. The molecule has 3 saturated heterocycles. The number of halogens is 1. The Bertz CT molecular complexity index is 436. The SMILES string of the molecule is CCNC(=NCC1CCCN(C)C1)NC1CCN(CC2CCOC2)CC1.I. The van der Waals surface area contributed by atoms with Gasteiger partial charge in [0, 0.05) is 51.9 Å². The number of likely N-dealkylation sites (tertiary alicyclic amines) is 2. The quantitative estimate of drug-likeness (QED) is 0.337. The first kappa shape index (κ1) is 23.2. The van der Waals surface area contributed by atoms with E-state index in [1.54, 1.807) is 0 Å². The van der Waals surface area contributed by atoms with E-state index in [0.717, 1.165) is 38.2 Å². The fraction of sp³-hybridized carbons (Fsp3) is 0.950. The normalized spacial score (nSPS) is 28.7. The molecule has 158 valence electrons. The zero-order chi connectivity index (χ0) is 18.2. The van der Waals surface area contributed by atoms with Crippen LogP contribution in [0.1, 0.15) is 39.0 Å². The summed E-state index contributed by atoms with van der Waals surface area (Å²) >= 11 is 0. The minimum Gasteiger partial charge on any atom is -0.381 e. The molecule has 3 fully saturated rings. The third-order valence-electron chi connectivity index (χ3n) is 6.04. The minimum atomic E-state index is 0. The van der Waals surface area contributed by atoms with E-state index in [-0.39, 0.29) is 24.0 Å². The Labute approximate surface area is 182 Å². The Morgan fingerprint density at radius 2 is 1.93 bits per heavy atom. The molecule has 3 aliphatic heterocycles. The van der Waals surface area contributed by atoms with Gasteiger partial charge >= 0.3 is 0 Å². The molecule has 0 bridgehead atoms. The average molecular weight is 493 g/mol. The Kier molecular flexibility index (Phi) is 10.7. The molecule has 0 amide bonds. The molecule has 3 heterocycles. The van der Waals surface area contributed by atoms with Gasteiger partial charge in [0.15, 0.2) is 5.96 Å². The summed E-state index contributed by atoms with van der Waals surface area (Å²) in [4.78, 5) is 9.97. The molecule has 0 saturated carbocycles. The number of rotatable bonds is 6. The summed E-state index contributed by atoms with van der Waals surface area (Å²) in [5, 5.41) is 7.14. The first-order chi connectivity index (χ1) is 12.7. The van der Waals surface area contributed by atoms with Crippen molar-refractivity contribution in [2.24, 2.45) is 16.8 Å². The van der Waals surface area contributed by atoms with Crippen molar-refractivity contribution in [3.8, 4) is 0 Å². The van der Waals surface area contributed by atoms with Crippen molar-refractivity contribution in [1.82, 2.24) is 20.4 Å². The lowest BCUT2D eigenvalue weighted by atomic mass is 9.99. The van der Waals surface area contributed by atoms with Gasteiger partial charge in [0.1, 0.15) is 0 Å². The summed E-state index contributed by atoms with van der Waals surface area (Å²) < 4.78 is 5.52. The molecule has 0 aromatic heterocycles. The van der Waals surface area contributed by atoms with Crippen molar-refractivity contribution in [2.75, 3.05) is 66.1 Å². The van der Waals surface area contributed by atoms with E-state index >= 15 is 0 Å². The summed E-state index contributed by atoms with van der Waals surface area (Å²) in [6.07, 6.45) is 6.29. The number of piperidine rings is 2. The maximum Gasteiger partial charge on any atom is 0.191 e. The number of nitrogens with zero attached hydrogens (tertiary/aromatic N) is 3. The second-order valence-corrected chi connectivity index (χ2v) is 8.44. The van der Waals surface area contributed by atoms with E-state index in [2.05, 4.69) is 34.4 Å². The minimum absolute atomic E-state index is 0. The highest BCUT2D eigenvalue weighted by Crippen LogP contribution is 2.18. The topological polar surface area (TPSA) is 52.1 Å². The number of hydrogen-bond donors (Lipinski definition) is 2. The summed E-state index contributed by atoms with van der Waals surface area (Å²) in [7, 11) is 2.23. The van der Waals surface area contributed by atoms with Gasteiger partial charge < -0.3 is 25.2 Å². The van der Waals surface area contributed by atoms with Gasteiger partial charge in [-0.3, -0.25) is 4.99 Å². The fourth-order valence-corrected chi connectivity index (χ4v) is 4.51. The van der Waals surface area contributed by atoms with Crippen LogP contribution in [0.15, 0.2) is 4.99 Å². The second-order valence-electron chi connectivity index (χ2n) is 8.44. The lowest BCUT2D eigenvalue weighted by molar-refractivity contribution is 0.150. The van der Waals surface area contributed by atoms with Gasteiger partial charge in [0.2, 0.25) is 0 Å². The Hall–Kier alpha value is -0.120. The van der Waals surface area contributed by atoms with Crippen LogP contribution in [0.2, 0.25) is 0 Å². The van der Waals surface area contributed by atoms with Crippen molar-refractivity contribution >= 4 is 29.9 Å². The second kappa shape index (κ2) is 12.4. The summed E-state index contributed by atoms with van der Waals surface area (Å²) in [5.41, 5.74) is 0. The number of guanidine groups is 1. The first-order valence-electron chi connectivity index (χ1n) is 10.8. The molecular formula is C20H40IN5O. The molecule has 2 atom stereocenters. The predicted octanol–water partition coefficient (Wildman–Crippen LogP) is 2.00. The summed E-state index contributed by atoms with van der Waals surface area (Å²) in [6.45, 7) is 12.0. The van der Waals surface area contributed by atoms with Crippen LogP contribution in [0.4, 0.5) is 0 Å². The molecule has 2 N–H and O–H groups in total. The summed E-state index contributed by atoms with van der Waals surface area (Å²) in [6, 6.07) is 0.554. The van der Waals surface area contributed by atoms with Crippen LogP contribution in [0.25, 0.3) is 0 Å². The molecule has 2 unspecified atom stereocenters. The molecular weight excluding hydrogens is 453 g/mol. The molecule has 6 nitrogen and oxygen atoms in total. The van der Waals surface area contributed by atoms with E-state index in [1.807, 2.05) is 0 Å². The van der Waals surface area contributed by atoms with Crippen molar-refractivity contribution in [2.45, 2.75) is 45.1 Å². The van der Waals surface area contributed by atoms with Crippen LogP contribution >= 0.6 is 24.0 Å². The molecule has 3 aliphatic rings. The Morgan fingerprint density at radius 1 is 1.11 bits per heavy atom. The van der Waals surface area contributed by atoms with Gasteiger partial charge in [-0.05, 0) is 64.5 Å². The van der Waals surface area contributed by atoms with Crippen molar-refractivity contribution in [3.63, 3.8) is 0 Å². The van der Waals surface area contributed by atoms with E-state index < -0.39 is 0 Å². The number of hydrogen-bond acceptors (Lipinski definition) is 4. The molecule has 27 heavy (non-hydrogen) atoms. The molecule has 0 radical (unpaired) electrons. The third-order valence-corrected chi connectivity index (χ3v) is 6.04. The van der Waals surface area contributed by atoms with Crippen LogP contribution in [-0.4, -0.2) is 87.9 Å². The van der Waals surface area contributed by atoms with Crippen LogP contribution in [0, 0.1) is 11.8 Å². The smallest absolute Gasteiger partial charge is 0.191 e. The van der Waals surface area contributed by atoms with Gasteiger partial charge in [0.25, 0.3) is 0 Å². The van der Waals surface area contributed by atoms with Crippen LogP contribution in [0.3, 0.4) is 0 Å². The van der Waals surface area contributed by atoms with Gasteiger partial charge in [-0.15, -0.1) is 24.0 Å². The molecule has 7 heteroatoms. The zero-order valence-corrected chi connectivity index (χ0v) is 19.6. The number of nitrogens with one attached hydrogen (secondary N) is 2. The monoisotopic (exact) mass is 493 g/mol. The fourth-order valence-electron chi connectivity index (χ4n) is 4.51. The molecule has 0 aromatic rings. The molecule has 0 spiro atoms. The summed E-state index contributed by atoms with van der Waals surface area (Å²) in [5.74, 6) is 2.48. The predicted molar refractivity (Wildman–Crippen MR) is 123 cm³/mol. The van der Waals surface area contributed by atoms with Gasteiger partial charge in [-0.25, -0.2) is 0 Å². The van der Waals surface area contributed by atoms with Crippen molar-refractivity contribution < 1.29 is 4.74 Å². The maximum atomic E-state index is 5.52. The highest BCUT2D eigenvalue weighted by molar-refractivity contribution is 14.0. The van der Waals surface area contributed by atoms with Crippen molar-refractivity contribution in [1.29, 1.82) is 0 Å². The van der Waals surface area contributed by atoms with Crippen LogP contribution in [-0.2, 0) is 4.74 Å². The maximum absolute atomic E-state index is 5.52. The van der Waals surface area contributed by atoms with Crippen molar-refractivity contribution in [3.05, 3.63) is 0 Å². The highest BCUT2D eigenvalue weighted by atomic mass is 127. The van der Waals surface area contributed by atoms with Gasteiger partial charge in [-0.1, -0.05) is 0 Å². The standard InChI is InChI=1S/C20H39N5O.HI/c1-3-21-20(22-13-17-5-4-9-24(2)14-17)23-19-6-10-25(11-7-19)15-18-8-12-26-16-18;/h17-19H,3-16H2,1-2H3,(H2,21,22,23);1H. The molecule has 0 aromatic carbocycles. The third kappa shape index (κ3) is 8.03. The highest BCUT2D eigenvalue weighted by Gasteiger charge is 2.24. The lowest BCUT2D eigenvalue weighted by Crippen LogP contribution is -2.49. The Balaban J connectivity index is 0.00000261. The lowest BCUT2D eigenvalue weighted by Gasteiger charge is -2.34. The number of ether oxygens (including phenoxy) is 1. The van der Waals surface area contributed by atoms with Crippen LogP contribution < -0.4 is 10.6 Å². The van der Waals surface area contributed by atoms with E-state index in [1.165, 1.54) is 64.8 Å². The molecule has 0 aliphatic carbocycles. The van der Waals surface area contributed by atoms with Gasteiger partial charge in [-0.2, -0.15) is 0 Å². The van der Waals surface area contributed by atoms with Gasteiger partial charge in [0.05, 0.1) is 6.61 Å².